The molecule has 3 rings (SSSR count). The van der Waals surface area contributed by atoms with E-state index in [-0.39, 0.29) is 0 Å². The lowest BCUT2D eigenvalue weighted by Gasteiger charge is -2.07. The number of hydrogen-bond donors (Lipinski definition) is 0. The molecule has 0 bridgehead atoms. The lowest BCUT2D eigenvalue weighted by Crippen LogP contribution is -2.03. The Balaban J connectivity index is 1.58. The van der Waals surface area contributed by atoms with Gasteiger partial charge in [0.15, 0.2) is 0 Å². The fourth-order valence-corrected chi connectivity index (χ4v) is 2.88. The zero-order valence-corrected chi connectivity index (χ0v) is 14.2. The van der Waals surface area contributed by atoms with Gasteiger partial charge in [0.05, 0.1) is 17.3 Å². The van der Waals surface area contributed by atoms with Gasteiger partial charge in [0.25, 0.3) is 0 Å². The molecule has 0 unspecified atom stereocenters. The molecule has 5 nitrogen and oxygen atoms in total. The van der Waals surface area contributed by atoms with Crippen molar-refractivity contribution < 1.29 is 4.74 Å². The van der Waals surface area contributed by atoms with Gasteiger partial charge < -0.3 is 4.74 Å². The van der Waals surface area contributed by atoms with Crippen molar-refractivity contribution in [2.75, 3.05) is 12.4 Å². The van der Waals surface area contributed by atoms with Crippen LogP contribution in [0.25, 0.3) is 5.69 Å². The molecule has 0 spiro atoms. The quantitative estimate of drug-likeness (QED) is 0.484. The molecule has 0 N–H and O–H groups in total. The number of para-hydroxylation sites is 1. The summed E-state index contributed by atoms with van der Waals surface area (Å²) >= 11 is 13.4. The molecule has 0 fully saturated rings. The lowest BCUT2D eigenvalue weighted by atomic mass is 10.3. The third-order valence-corrected chi connectivity index (χ3v) is 4.37. The summed E-state index contributed by atoms with van der Waals surface area (Å²) in [5.74, 6) is 1.37. The van der Waals surface area contributed by atoms with Crippen LogP contribution >= 0.6 is 35.0 Å². The molecule has 2 aromatic carbocycles. The topological polar surface area (TPSA) is 52.8 Å². The molecule has 1 aromatic heterocycles. The molecule has 23 heavy (non-hydrogen) atoms. The van der Waals surface area contributed by atoms with Crippen LogP contribution < -0.4 is 4.74 Å². The largest absolute Gasteiger partial charge is 0.491 e. The highest BCUT2D eigenvalue weighted by atomic mass is 35.5. The average molecular weight is 367 g/mol. The summed E-state index contributed by atoms with van der Waals surface area (Å²) < 4.78 is 7.31. The van der Waals surface area contributed by atoms with Crippen molar-refractivity contribution in [1.29, 1.82) is 0 Å². The molecule has 1 heterocycles. The maximum atomic E-state index is 6.04. The highest BCUT2D eigenvalue weighted by Gasteiger charge is 2.09. The van der Waals surface area contributed by atoms with Crippen molar-refractivity contribution in [3.05, 3.63) is 58.6 Å². The number of nitrogens with zero attached hydrogens (tertiary/aromatic N) is 4. The Hall–Kier alpha value is -1.76. The van der Waals surface area contributed by atoms with Crippen LogP contribution in [0.15, 0.2) is 53.7 Å². The third kappa shape index (κ3) is 4.16. The number of benzene rings is 2. The summed E-state index contributed by atoms with van der Waals surface area (Å²) in [5, 5.41) is 13.7. The predicted molar refractivity (Wildman–Crippen MR) is 91.8 cm³/mol. The van der Waals surface area contributed by atoms with Crippen LogP contribution in [0.3, 0.4) is 0 Å². The van der Waals surface area contributed by atoms with E-state index in [0.717, 1.165) is 5.69 Å². The molecule has 0 amide bonds. The molecule has 8 heteroatoms. The van der Waals surface area contributed by atoms with Crippen molar-refractivity contribution in [3.8, 4) is 11.4 Å². The van der Waals surface area contributed by atoms with Crippen LogP contribution in [0.1, 0.15) is 0 Å². The van der Waals surface area contributed by atoms with Gasteiger partial charge in [-0.2, -0.15) is 4.68 Å². The Morgan fingerprint density at radius 3 is 2.61 bits per heavy atom. The van der Waals surface area contributed by atoms with E-state index < -0.39 is 0 Å². The van der Waals surface area contributed by atoms with Crippen molar-refractivity contribution >= 4 is 35.0 Å². The predicted octanol–water partition coefficient (Wildman–Crippen LogP) is 4.14. The van der Waals surface area contributed by atoms with E-state index in [1.54, 1.807) is 22.9 Å². The monoisotopic (exact) mass is 366 g/mol. The summed E-state index contributed by atoms with van der Waals surface area (Å²) in [7, 11) is 0. The van der Waals surface area contributed by atoms with E-state index in [1.165, 1.54) is 11.8 Å². The van der Waals surface area contributed by atoms with Crippen molar-refractivity contribution in [3.63, 3.8) is 0 Å². The number of rotatable bonds is 6. The second-order valence-corrected chi connectivity index (χ2v) is 6.38. The Bertz CT molecular complexity index is 779. The van der Waals surface area contributed by atoms with Crippen LogP contribution in [0.5, 0.6) is 5.75 Å². The number of aromatic nitrogens is 4. The standard InChI is InChI=1S/C15H12Cl2N4OS/c16-11-5-7-12(8-6-11)21-15(18-19-20-21)23-10-9-22-14-4-2-1-3-13(14)17/h1-8H,9-10H2. The Morgan fingerprint density at radius 1 is 1.04 bits per heavy atom. The fraction of sp³-hybridized carbons (Fsp3) is 0.133. The summed E-state index contributed by atoms with van der Waals surface area (Å²) in [4.78, 5) is 0. The smallest absolute Gasteiger partial charge is 0.214 e. The number of halogens is 2. The van der Waals surface area contributed by atoms with E-state index in [0.29, 0.717) is 33.3 Å². The third-order valence-electron chi connectivity index (χ3n) is 2.92. The minimum Gasteiger partial charge on any atom is -0.491 e. The van der Waals surface area contributed by atoms with Crippen LogP contribution in [-0.2, 0) is 0 Å². The van der Waals surface area contributed by atoms with E-state index in [9.17, 15) is 0 Å². The van der Waals surface area contributed by atoms with E-state index in [2.05, 4.69) is 15.5 Å². The number of tetrazole rings is 1. The van der Waals surface area contributed by atoms with Crippen molar-refractivity contribution in [2.24, 2.45) is 0 Å². The van der Waals surface area contributed by atoms with E-state index in [1.807, 2.05) is 30.3 Å². The zero-order chi connectivity index (χ0) is 16.1. The van der Waals surface area contributed by atoms with Gasteiger partial charge in [0, 0.05) is 10.8 Å². The minimum atomic E-state index is 0.502. The van der Waals surface area contributed by atoms with Crippen LogP contribution in [0.4, 0.5) is 0 Å². The lowest BCUT2D eigenvalue weighted by molar-refractivity contribution is 0.344. The first kappa shape index (κ1) is 16.1. The second kappa shape index (κ2) is 7.68. The molecule has 0 atom stereocenters. The van der Waals surface area contributed by atoms with Gasteiger partial charge in [0.2, 0.25) is 5.16 Å². The van der Waals surface area contributed by atoms with Gasteiger partial charge in [0.1, 0.15) is 5.75 Å². The van der Waals surface area contributed by atoms with Gasteiger partial charge in [-0.05, 0) is 46.8 Å². The van der Waals surface area contributed by atoms with Gasteiger partial charge in [-0.3, -0.25) is 0 Å². The molecular formula is C15H12Cl2N4OS. The summed E-state index contributed by atoms with van der Waals surface area (Å²) in [5.41, 5.74) is 0.855. The molecule has 0 radical (unpaired) electrons. The first-order valence-electron chi connectivity index (χ1n) is 6.78. The highest BCUT2D eigenvalue weighted by molar-refractivity contribution is 7.99. The van der Waals surface area contributed by atoms with Gasteiger partial charge in [-0.15, -0.1) is 5.10 Å². The fourth-order valence-electron chi connectivity index (χ4n) is 1.86. The van der Waals surface area contributed by atoms with Crippen molar-refractivity contribution in [1.82, 2.24) is 20.2 Å². The van der Waals surface area contributed by atoms with Gasteiger partial charge in [-0.25, -0.2) is 0 Å². The highest BCUT2D eigenvalue weighted by Crippen LogP contribution is 2.24. The number of thioether (sulfide) groups is 1. The average Bonchev–Trinajstić information content (AvgIpc) is 3.02. The Labute approximate surface area is 147 Å². The normalized spacial score (nSPS) is 10.7. The molecular weight excluding hydrogens is 355 g/mol. The van der Waals surface area contributed by atoms with Gasteiger partial charge >= 0.3 is 0 Å². The van der Waals surface area contributed by atoms with Crippen molar-refractivity contribution in [2.45, 2.75) is 5.16 Å². The summed E-state index contributed by atoms with van der Waals surface area (Å²) in [6.45, 7) is 0.502. The van der Waals surface area contributed by atoms with Crippen LogP contribution in [-0.4, -0.2) is 32.6 Å². The maximum Gasteiger partial charge on any atom is 0.214 e. The summed E-state index contributed by atoms with van der Waals surface area (Å²) in [6.07, 6.45) is 0. The molecule has 0 aliphatic heterocycles. The van der Waals surface area contributed by atoms with Gasteiger partial charge in [-0.1, -0.05) is 47.1 Å². The van der Waals surface area contributed by atoms with Crippen LogP contribution in [0.2, 0.25) is 10.0 Å². The van der Waals surface area contributed by atoms with E-state index >= 15 is 0 Å². The molecule has 0 saturated heterocycles. The summed E-state index contributed by atoms with van der Waals surface area (Å²) in [6, 6.07) is 14.7. The molecule has 0 saturated carbocycles. The number of ether oxygens (including phenoxy) is 1. The molecule has 118 valence electrons. The second-order valence-electron chi connectivity index (χ2n) is 4.48. The first-order valence-corrected chi connectivity index (χ1v) is 8.52. The molecule has 3 aromatic rings. The first-order chi connectivity index (χ1) is 11.2. The zero-order valence-electron chi connectivity index (χ0n) is 11.9. The maximum absolute atomic E-state index is 6.04. The molecule has 0 aliphatic carbocycles. The number of hydrogen-bond acceptors (Lipinski definition) is 5. The SMILES string of the molecule is Clc1ccc(-n2nnnc2SCCOc2ccccc2Cl)cc1. The minimum absolute atomic E-state index is 0.502. The molecule has 0 aliphatic rings. The van der Waals surface area contributed by atoms with E-state index in [4.69, 9.17) is 27.9 Å². The Kier molecular flexibility index (Phi) is 5.38. The Morgan fingerprint density at radius 2 is 1.83 bits per heavy atom. The van der Waals surface area contributed by atoms with Crippen LogP contribution in [0, 0.1) is 0 Å².